The maximum atomic E-state index is 11.3. The lowest BCUT2D eigenvalue weighted by atomic mass is 10.1. The van der Waals surface area contributed by atoms with Gasteiger partial charge in [-0.3, -0.25) is 19.2 Å². The number of hydrogen-bond acceptors (Lipinski definition) is 4. The maximum Gasteiger partial charge on any atom is 0.271 e. The quantitative estimate of drug-likeness (QED) is 0.455. The lowest BCUT2D eigenvalue weighted by Crippen LogP contribution is -2.17. The van der Waals surface area contributed by atoms with Crippen molar-refractivity contribution in [3.63, 3.8) is 0 Å². The minimum absolute atomic E-state index is 0.296. The first-order chi connectivity index (χ1) is 11.4. The van der Waals surface area contributed by atoms with Gasteiger partial charge in [-0.25, -0.2) is 7.85 Å². The Morgan fingerprint density at radius 1 is 0.500 bits per heavy atom. The van der Waals surface area contributed by atoms with Crippen LogP contribution in [0.3, 0.4) is 0 Å². The second-order valence-electron chi connectivity index (χ2n) is 4.87. The van der Waals surface area contributed by atoms with Crippen LogP contribution in [0.1, 0.15) is 41.4 Å². The van der Waals surface area contributed by atoms with Gasteiger partial charge in [0.1, 0.15) is 0 Å². The van der Waals surface area contributed by atoms with E-state index < -0.39 is 0 Å². The summed E-state index contributed by atoms with van der Waals surface area (Å²) in [6.45, 7) is 0. The summed E-state index contributed by atoms with van der Waals surface area (Å²) in [5.41, 5.74) is 1.83. The fourth-order valence-corrected chi connectivity index (χ4v) is 3.08. The zero-order valence-corrected chi connectivity index (χ0v) is 15.1. The predicted octanol–water partition coefficient (Wildman–Crippen LogP) is 3.19. The third-order valence-corrected chi connectivity index (χ3v) is 4.78. The number of imide groups is 2. The molecule has 8 heteroatoms. The number of nitrogens with zero attached hydrogens (tertiary/aromatic N) is 2. The van der Waals surface area contributed by atoms with Gasteiger partial charge in [-0.15, -0.1) is 0 Å². The summed E-state index contributed by atoms with van der Waals surface area (Å²) in [6, 6.07) is 13.5. The van der Waals surface area contributed by atoms with Crippen molar-refractivity contribution < 1.29 is 19.2 Å². The molecule has 0 saturated carbocycles. The molecular weight excluding hydrogens is 444 g/mol. The molecule has 0 fully saturated rings. The van der Waals surface area contributed by atoms with Gasteiger partial charge in [0.2, 0.25) is 0 Å². The highest BCUT2D eigenvalue weighted by atomic mass is 79.9. The van der Waals surface area contributed by atoms with Crippen molar-refractivity contribution in [1.82, 2.24) is 7.85 Å². The van der Waals surface area contributed by atoms with E-state index in [1.165, 1.54) is 0 Å². The molecule has 0 saturated heterocycles. The lowest BCUT2D eigenvalue weighted by molar-refractivity contribution is 0.0768. The van der Waals surface area contributed by atoms with Crippen LogP contribution in [0.4, 0.5) is 0 Å². The molecule has 4 amide bonds. The van der Waals surface area contributed by atoms with Crippen LogP contribution >= 0.6 is 32.3 Å². The second-order valence-corrected chi connectivity index (χ2v) is 6.29. The molecule has 0 bridgehead atoms. The van der Waals surface area contributed by atoms with Crippen molar-refractivity contribution in [2.24, 2.45) is 0 Å². The van der Waals surface area contributed by atoms with Crippen molar-refractivity contribution in [1.29, 1.82) is 0 Å². The molecule has 2 aromatic carbocycles. The van der Waals surface area contributed by atoms with E-state index >= 15 is 0 Å². The molecule has 0 N–H and O–H groups in total. The molecule has 6 nitrogen and oxygen atoms in total. The molecule has 2 heterocycles. The summed E-state index contributed by atoms with van der Waals surface area (Å²) in [5, 5.41) is 0. The Labute approximate surface area is 153 Å². The van der Waals surface area contributed by atoms with Gasteiger partial charge in [0.05, 0.1) is 54.5 Å². The van der Waals surface area contributed by atoms with Crippen LogP contribution < -0.4 is 0 Å². The average Bonchev–Trinajstić information content (AvgIpc) is 2.98. The van der Waals surface area contributed by atoms with E-state index in [9.17, 15) is 19.2 Å². The van der Waals surface area contributed by atoms with Crippen molar-refractivity contribution >= 4 is 55.9 Å². The number of rotatable bonds is 0. The average molecular weight is 452 g/mol. The van der Waals surface area contributed by atoms with Crippen LogP contribution in [-0.2, 0) is 0 Å². The van der Waals surface area contributed by atoms with Gasteiger partial charge < -0.3 is 0 Å². The highest BCUT2D eigenvalue weighted by Crippen LogP contribution is 2.25. The SMILES string of the molecule is O=C1c2ccccc2C(=O)N1Br.O=C1c2ccccc2C(=O)N1Br. The van der Waals surface area contributed by atoms with Gasteiger partial charge in [0.25, 0.3) is 23.6 Å². The van der Waals surface area contributed by atoms with E-state index in [1.807, 2.05) is 0 Å². The Hall–Kier alpha value is -2.32. The molecule has 4 rings (SSSR count). The Morgan fingerprint density at radius 3 is 0.917 bits per heavy atom. The standard InChI is InChI=1S/2C8H4BrNO2/c2*9-10-7(11)5-3-1-2-4-6(5)8(10)12/h2*1-4H. The molecule has 0 radical (unpaired) electrons. The zero-order chi connectivity index (χ0) is 17.4. The Morgan fingerprint density at radius 2 is 0.708 bits per heavy atom. The fourth-order valence-electron chi connectivity index (χ4n) is 2.32. The van der Waals surface area contributed by atoms with Crippen molar-refractivity contribution in [3.8, 4) is 0 Å². The number of halogens is 2. The summed E-state index contributed by atoms with van der Waals surface area (Å²) < 4.78 is 1.88. The second kappa shape index (κ2) is 6.29. The summed E-state index contributed by atoms with van der Waals surface area (Å²) in [6.07, 6.45) is 0. The van der Waals surface area contributed by atoms with Gasteiger partial charge >= 0.3 is 0 Å². The van der Waals surface area contributed by atoms with Crippen LogP contribution in [-0.4, -0.2) is 31.5 Å². The predicted molar refractivity (Wildman–Crippen MR) is 91.7 cm³/mol. The molecule has 2 aromatic rings. The van der Waals surface area contributed by atoms with Gasteiger partial charge in [0, 0.05) is 0 Å². The van der Waals surface area contributed by atoms with Crippen LogP contribution in [0, 0.1) is 0 Å². The number of hydrogen-bond donors (Lipinski definition) is 0. The molecule has 24 heavy (non-hydrogen) atoms. The van der Waals surface area contributed by atoms with Gasteiger partial charge in [-0.05, 0) is 24.3 Å². The first-order valence-corrected chi connectivity index (χ1v) is 8.12. The smallest absolute Gasteiger partial charge is 0.268 e. The number of carbonyl (C=O) groups excluding carboxylic acids is 4. The van der Waals surface area contributed by atoms with Gasteiger partial charge in [0.15, 0.2) is 0 Å². The first kappa shape index (κ1) is 16.5. The van der Waals surface area contributed by atoms with E-state index in [0.717, 1.165) is 7.85 Å². The van der Waals surface area contributed by atoms with Crippen LogP contribution in [0.5, 0.6) is 0 Å². The highest BCUT2D eigenvalue weighted by Gasteiger charge is 2.34. The number of amides is 4. The van der Waals surface area contributed by atoms with E-state index in [-0.39, 0.29) is 23.6 Å². The molecule has 2 aliphatic rings. The summed E-state index contributed by atoms with van der Waals surface area (Å²) in [5.74, 6) is -1.18. The first-order valence-electron chi connectivity index (χ1n) is 6.70. The van der Waals surface area contributed by atoms with Crippen LogP contribution in [0.25, 0.3) is 0 Å². The lowest BCUT2D eigenvalue weighted by Gasteiger charge is -1.98. The zero-order valence-electron chi connectivity index (χ0n) is 11.9. The minimum Gasteiger partial charge on any atom is -0.268 e. The van der Waals surface area contributed by atoms with Gasteiger partial charge in [-0.2, -0.15) is 0 Å². The highest BCUT2D eigenvalue weighted by molar-refractivity contribution is 9.08. The van der Waals surface area contributed by atoms with Crippen molar-refractivity contribution in [2.45, 2.75) is 0 Å². The molecule has 0 atom stereocenters. The number of fused-ring (bicyclic) bond motifs is 2. The normalized spacial score (nSPS) is 15.2. The monoisotopic (exact) mass is 450 g/mol. The van der Waals surface area contributed by atoms with Gasteiger partial charge in [-0.1, -0.05) is 24.3 Å². The van der Waals surface area contributed by atoms with E-state index in [0.29, 0.717) is 22.3 Å². The Balaban J connectivity index is 0.000000141. The van der Waals surface area contributed by atoms with E-state index in [4.69, 9.17) is 0 Å². The summed E-state index contributed by atoms with van der Waals surface area (Å²) in [4.78, 5) is 45.1. The van der Waals surface area contributed by atoms with Crippen LogP contribution in [0.15, 0.2) is 48.5 Å². The summed E-state index contributed by atoms with van der Waals surface area (Å²) >= 11 is 5.77. The molecule has 2 aliphatic heterocycles. The molecular formula is C16H8Br2N2O4. The molecule has 0 spiro atoms. The Kier molecular flexibility index (Phi) is 4.33. The molecule has 0 unspecified atom stereocenters. The Bertz CT molecular complexity index is 754. The summed E-state index contributed by atoms with van der Waals surface area (Å²) in [7, 11) is 0. The van der Waals surface area contributed by atoms with Crippen molar-refractivity contribution in [2.75, 3.05) is 0 Å². The minimum atomic E-state index is -0.296. The molecule has 120 valence electrons. The topological polar surface area (TPSA) is 74.8 Å². The number of carbonyl (C=O) groups is 4. The largest absolute Gasteiger partial charge is 0.271 e. The van der Waals surface area contributed by atoms with Crippen molar-refractivity contribution in [3.05, 3.63) is 70.8 Å². The molecule has 0 aliphatic carbocycles. The van der Waals surface area contributed by atoms with Crippen LogP contribution in [0.2, 0.25) is 0 Å². The molecule has 0 aromatic heterocycles. The van der Waals surface area contributed by atoms with E-state index in [1.54, 1.807) is 48.5 Å². The van der Waals surface area contributed by atoms with E-state index in [2.05, 4.69) is 32.3 Å². The maximum absolute atomic E-state index is 11.3. The number of benzene rings is 2. The fraction of sp³-hybridized carbons (Fsp3) is 0. The third-order valence-electron chi connectivity index (χ3n) is 3.49. The third kappa shape index (κ3) is 2.57.